The second-order valence-corrected chi connectivity index (χ2v) is 6.85. The van der Waals surface area contributed by atoms with Crippen molar-refractivity contribution in [2.24, 2.45) is 0 Å². The minimum Gasteiger partial charge on any atom is -0.497 e. The number of halogens is 3. The van der Waals surface area contributed by atoms with Crippen LogP contribution < -0.4 is 14.2 Å². The maximum atomic E-state index is 12.4. The molecule has 0 amide bonds. The summed E-state index contributed by atoms with van der Waals surface area (Å²) in [4.78, 5) is -0.170. The van der Waals surface area contributed by atoms with E-state index in [1.54, 1.807) is 31.2 Å². The van der Waals surface area contributed by atoms with Gasteiger partial charge in [0.25, 0.3) is 0 Å². The van der Waals surface area contributed by atoms with E-state index in [4.69, 9.17) is 4.74 Å². The lowest BCUT2D eigenvalue weighted by atomic mass is 10.1. The molecule has 2 aromatic carbocycles. The molecule has 0 unspecified atom stereocenters. The van der Waals surface area contributed by atoms with Gasteiger partial charge in [0, 0.05) is 6.04 Å². The van der Waals surface area contributed by atoms with Crippen molar-refractivity contribution < 1.29 is 31.1 Å². The Balaban J connectivity index is 2.15. The van der Waals surface area contributed by atoms with E-state index >= 15 is 0 Å². The number of methoxy groups -OCH3 is 1. The third-order valence-electron chi connectivity index (χ3n) is 3.29. The number of sulfonamides is 1. The molecule has 136 valence electrons. The smallest absolute Gasteiger partial charge is 0.497 e. The van der Waals surface area contributed by atoms with Crippen LogP contribution in [0.3, 0.4) is 0 Å². The zero-order valence-electron chi connectivity index (χ0n) is 13.4. The lowest BCUT2D eigenvalue weighted by Crippen LogP contribution is -2.27. The van der Waals surface area contributed by atoms with Gasteiger partial charge in [0.2, 0.25) is 10.0 Å². The fourth-order valence-corrected chi connectivity index (χ4v) is 3.33. The summed E-state index contributed by atoms with van der Waals surface area (Å²) < 4.78 is 72.4. The average Bonchev–Trinajstić information content (AvgIpc) is 2.53. The molecule has 0 aliphatic carbocycles. The molecule has 1 atom stereocenters. The van der Waals surface area contributed by atoms with E-state index in [0.717, 1.165) is 24.3 Å². The summed E-state index contributed by atoms with van der Waals surface area (Å²) >= 11 is 0. The van der Waals surface area contributed by atoms with Crippen molar-refractivity contribution in [1.29, 1.82) is 0 Å². The zero-order chi connectivity index (χ0) is 18.7. The quantitative estimate of drug-likeness (QED) is 0.837. The minimum atomic E-state index is -4.83. The molecule has 0 radical (unpaired) electrons. The van der Waals surface area contributed by atoms with Gasteiger partial charge in [-0.25, -0.2) is 13.1 Å². The van der Waals surface area contributed by atoms with Gasteiger partial charge in [-0.1, -0.05) is 12.1 Å². The second-order valence-electron chi connectivity index (χ2n) is 5.14. The molecule has 0 spiro atoms. The SMILES string of the molecule is COc1cccc([C@@H](C)NS(=O)(=O)c2ccc(OC(F)(F)F)cc2)c1. The summed E-state index contributed by atoms with van der Waals surface area (Å²) in [5.41, 5.74) is 0.681. The molecule has 0 saturated heterocycles. The Morgan fingerprint density at radius 3 is 2.24 bits per heavy atom. The highest BCUT2D eigenvalue weighted by Crippen LogP contribution is 2.25. The van der Waals surface area contributed by atoms with Crippen molar-refractivity contribution in [3.63, 3.8) is 0 Å². The molecule has 0 heterocycles. The molecule has 0 bridgehead atoms. The Labute approximate surface area is 143 Å². The van der Waals surface area contributed by atoms with E-state index < -0.39 is 28.2 Å². The van der Waals surface area contributed by atoms with Crippen LogP contribution in [0, 0.1) is 0 Å². The van der Waals surface area contributed by atoms with Crippen molar-refractivity contribution in [2.45, 2.75) is 24.2 Å². The van der Waals surface area contributed by atoms with Gasteiger partial charge in [0.1, 0.15) is 11.5 Å². The fourth-order valence-electron chi connectivity index (χ4n) is 2.10. The van der Waals surface area contributed by atoms with Crippen LogP contribution in [0.4, 0.5) is 13.2 Å². The minimum absolute atomic E-state index is 0.170. The Hall–Kier alpha value is -2.26. The van der Waals surface area contributed by atoms with Gasteiger partial charge in [0.05, 0.1) is 12.0 Å². The standard InChI is InChI=1S/C16H16F3NO4S/c1-11(12-4-3-5-14(10-12)23-2)20-25(21,22)15-8-6-13(7-9-15)24-16(17,18)19/h3-11,20H,1-2H3/t11-/m1/s1. The van der Waals surface area contributed by atoms with Gasteiger partial charge < -0.3 is 9.47 Å². The highest BCUT2D eigenvalue weighted by atomic mass is 32.2. The van der Waals surface area contributed by atoms with Gasteiger partial charge in [-0.3, -0.25) is 0 Å². The van der Waals surface area contributed by atoms with Crippen molar-refractivity contribution in [2.75, 3.05) is 7.11 Å². The van der Waals surface area contributed by atoms with Crippen LogP contribution in [0.5, 0.6) is 11.5 Å². The van der Waals surface area contributed by atoms with Crippen LogP contribution in [0.25, 0.3) is 0 Å². The van der Waals surface area contributed by atoms with Gasteiger partial charge in [-0.2, -0.15) is 0 Å². The van der Waals surface area contributed by atoms with E-state index in [0.29, 0.717) is 11.3 Å². The van der Waals surface area contributed by atoms with Gasteiger partial charge in [-0.05, 0) is 48.9 Å². The second kappa shape index (κ2) is 7.32. The van der Waals surface area contributed by atoms with Gasteiger partial charge in [0.15, 0.2) is 0 Å². The maximum absolute atomic E-state index is 12.4. The molecule has 0 aliphatic heterocycles. The topological polar surface area (TPSA) is 64.6 Å². The van der Waals surface area contributed by atoms with Crippen molar-refractivity contribution in [1.82, 2.24) is 4.72 Å². The third kappa shape index (κ3) is 5.36. The van der Waals surface area contributed by atoms with Gasteiger partial charge >= 0.3 is 6.36 Å². The third-order valence-corrected chi connectivity index (χ3v) is 4.85. The number of hydrogen-bond donors (Lipinski definition) is 1. The molecular formula is C16H16F3NO4S. The first kappa shape index (κ1) is 19.1. The maximum Gasteiger partial charge on any atom is 0.573 e. The van der Waals surface area contributed by atoms with E-state index in [-0.39, 0.29) is 4.90 Å². The Morgan fingerprint density at radius 1 is 1.04 bits per heavy atom. The van der Waals surface area contributed by atoms with Crippen LogP contribution in [0.2, 0.25) is 0 Å². The van der Waals surface area contributed by atoms with Crippen molar-refractivity contribution >= 4 is 10.0 Å². The number of nitrogens with one attached hydrogen (secondary N) is 1. The summed E-state index contributed by atoms with van der Waals surface area (Å²) in [7, 11) is -2.42. The highest BCUT2D eigenvalue weighted by molar-refractivity contribution is 7.89. The predicted molar refractivity (Wildman–Crippen MR) is 84.9 cm³/mol. The van der Waals surface area contributed by atoms with E-state index in [2.05, 4.69) is 9.46 Å². The molecule has 5 nitrogen and oxygen atoms in total. The normalized spacial score (nSPS) is 13.3. The number of rotatable bonds is 6. The summed E-state index contributed by atoms with van der Waals surface area (Å²) in [6, 6.07) is 10.3. The van der Waals surface area contributed by atoms with E-state index in [1.165, 1.54) is 7.11 Å². The van der Waals surface area contributed by atoms with Crippen LogP contribution in [0.15, 0.2) is 53.4 Å². The summed E-state index contributed by atoms with van der Waals surface area (Å²) in [5.74, 6) is 0.0875. The summed E-state index contributed by atoms with van der Waals surface area (Å²) in [6.07, 6.45) is -4.83. The number of benzene rings is 2. The molecule has 2 rings (SSSR count). The number of ether oxygens (including phenoxy) is 2. The summed E-state index contributed by atoms with van der Waals surface area (Å²) in [5, 5.41) is 0. The average molecular weight is 375 g/mol. The molecule has 0 aromatic heterocycles. The first-order valence-corrected chi connectivity index (χ1v) is 8.61. The molecule has 25 heavy (non-hydrogen) atoms. The van der Waals surface area contributed by atoms with Crippen molar-refractivity contribution in [3.05, 3.63) is 54.1 Å². The Morgan fingerprint density at radius 2 is 1.68 bits per heavy atom. The van der Waals surface area contributed by atoms with E-state index in [1.807, 2.05) is 0 Å². The highest BCUT2D eigenvalue weighted by Gasteiger charge is 2.31. The molecule has 0 fully saturated rings. The first-order chi connectivity index (χ1) is 11.6. The lowest BCUT2D eigenvalue weighted by Gasteiger charge is -2.16. The molecule has 0 saturated carbocycles. The largest absolute Gasteiger partial charge is 0.573 e. The molecule has 9 heteroatoms. The van der Waals surface area contributed by atoms with Crippen molar-refractivity contribution in [3.8, 4) is 11.5 Å². The molecule has 0 aliphatic rings. The van der Waals surface area contributed by atoms with E-state index in [9.17, 15) is 21.6 Å². The molecular weight excluding hydrogens is 359 g/mol. The first-order valence-electron chi connectivity index (χ1n) is 7.13. The fraction of sp³-hybridized carbons (Fsp3) is 0.250. The molecule has 1 N–H and O–H groups in total. The number of alkyl halides is 3. The zero-order valence-corrected chi connectivity index (χ0v) is 14.2. The lowest BCUT2D eigenvalue weighted by molar-refractivity contribution is -0.274. The Bertz CT molecular complexity index is 820. The number of hydrogen-bond acceptors (Lipinski definition) is 4. The monoisotopic (exact) mass is 375 g/mol. The molecule has 2 aromatic rings. The van der Waals surface area contributed by atoms with Crippen LogP contribution in [-0.2, 0) is 10.0 Å². The van der Waals surface area contributed by atoms with Crippen LogP contribution >= 0.6 is 0 Å². The van der Waals surface area contributed by atoms with Crippen LogP contribution in [0.1, 0.15) is 18.5 Å². The van der Waals surface area contributed by atoms with Crippen LogP contribution in [-0.4, -0.2) is 21.9 Å². The Kier molecular flexibility index (Phi) is 5.58. The predicted octanol–water partition coefficient (Wildman–Crippen LogP) is 3.63. The summed E-state index contributed by atoms with van der Waals surface area (Å²) in [6.45, 7) is 1.65. The van der Waals surface area contributed by atoms with Gasteiger partial charge in [-0.15, -0.1) is 13.2 Å².